The van der Waals surface area contributed by atoms with Crippen LogP contribution in [-0.4, -0.2) is 6.17 Å². The van der Waals surface area contributed by atoms with E-state index in [1.807, 2.05) is 6.07 Å². The van der Waals surface area contributed by atoms with Gasteiger partial charge in [-0.05, 0) is 43.4 Å². The van der Waals surface area contributed by atoms with Gasteiger partial charge < -0.3 is 0 Å². The number of nitriles is 1. The van der Waals surface area contributed by atoms with Gasteiger partial charge in [-0.1, -0.05) is 38.5 Å². The number of alkyl halides is 1. The number of nitrogens with zero attached hydrogens (tertiary/aromatic N) is 1. The first kappa shape index (κ1) is 14.4. The topological polar surface area (TPSA) is 23.8 Å². The lowest BCUT2D eigenvalue weighted by Crippen LogP contribution is -2.24. The zero-order valence-corrected chi connectivity index (χ0v) is 11.9. The minimum Gasteiger partial charge on any atom is -0.246 e. The Hall–Kier alpha value is -1.02. The largest absolute Gasteiger partial charge is 0.246 e. The highest BCUT2D eigenvalue weighted by Gasteiger charge is 2.32. The van der Waals surface area contributed by atoms with Crippen molar-refractivity contribution < 1.29 is 4.39 Å². The van der Waals surface area contributed by atoms with Crippen molar-refractivity contribution in [2.24, 2.45) is 23.7 Å². The second-order valence-electron chi connectivity index (χ2n) is 6.45. The van der Waals surface area contributed by atoms with Gasteiger partial charge in [0.2, 0.25) is 0 Å². The molecule has 2 rings (SSSR count). The SMILES string of the molecule is CC1CCC(C2CCCC(C#CC#N)C(F)C2)CC1. The number of rotatable bonds is 1. The van der Waals surface area contributed by atoms with Crippen molar-refractivity contribution in [1.29, 1.82) is 5.26 Å². The lowest BCUT2D eigenvalue weighted by Gasteiger charge is -2.32. The van der Waals surface area contributed by atoms with Crippen LogP contribution in [0, 0.1) is 46.8 Å². The van der Waals surface area contributed by atoms with Crippen LogP contribution in [0.15, 0.2) is 0 Å². The standard InChI is InChI=1S/C17H24FN/c1-13-7-9-14(10-8-13)16-5-2-4-15(6-3-11-19)17(18)12-16/h13-17H,2,4-5,7-10,12H2,1H3. The van der Waals surface area contributed by atoms with Gasteiger partial charge in [-0.25, -0.2) is 4.39 Å². The first-order chi connectivity index (χ1) is 9.20. The Morgan fingerprint density at radius 3 is 2.42 bits per heavy atom. The van der Waals surface area contributed by atoms with Gasteiger partial charge in [-0.15, -0.1) is 0 Å². The van der Waals surface area contributed by atoms with Crippen LogP contribution in [0.3, 0.4) is 0 Å². The van der Waals surface area contributed by atoms with Gasteiger partial charge in [0.15, 0.2) is 6.07 Å². The minimum absolute atomic E-state index is 0.202. The molecule has 0 N–H and O–H groups in total. The molecule has 2 fully saturated rings. The smallest absolute Gasteiger partial charge is 0.152 e. The predicted octanol–water partition coefficient (Wildman–Crippen LogP) is 4.48. The van der Waals surface area contributed by atoms with E-state index in [0.717, 1.165) is 31.1 Å². The number of hydrogen-bond donors (Lipinski definition) is 0. The maximum atomic E-state index is 14.3. The van der Waals surface area contributed by atoms with Crippen LogP contribution in [-0.2, 0) is 0 Å². The molecule has 0 aromatic heterocycles. The predicted molar refractivity (Wildman–Crippen MR) is 74.9 cm³/mol. The van der Waals surface area contributed by atoms with Crippen LogP contribution < -0.4 is 0 Å². The summed E-state index contributed by atoms with van der Waals surface area (Å²) < 4.78 is 14.3. The van der Waals surface area contributed by atoms with Crippen molar-refractivity contribution in [2.45, 2.75) is 64.5 Å². The van der Waals surface area contributed by atoms with Gasteiger partial charge in [-0.2, -0.15) is 5.26 Å². The van der Waals surface area contributed by atoms with E-state index >= 15 is 0 Å². The number of halogens is 1. The third-order valence-electron chi connectivity index (χ3n) is 5.10. The summed E-state index contributed by atoms with van der Waals surface area (Å²) in [7, 11) is 0. The van der Waals surface area contributed by atoms with Crippen molar-refractivity contribution in [3.63, 3.8) is 0 Å². The van der Waals surface area contributed by atoms with Crippen molar-refractivity contribution in [1.82, 2.24) is 0 Å². The molecule has 0 saturated heterocycles. The quantitative estimate of drug-likeness (QED) is 0.504. The highest BCUT2D eigenvalue weighted by atomic mass is 19.1. The van der Waals surface area contributed by atoms with E-state index in [1.165, 1.54) is 25.7 Å². The fourth-order valence-corrected chi connectivity index (χ4v) is 3.83. The highest BCUT2D eigenvalue weighted by Crippen LogP contribution is 2.40. The Labute approximate surface area is 116 Å². The molecule has 0 spiro atoms. The van der Waals surface area contributed by atoms with Crippen molar-refractivity contribution in [3.8, 4) is 17.9 Å². The second-order valence-corrected chi connectivity index (χ2v) is 6.45. The zero-order chi connectivity index (χ0) is 13.7. The summed E-state index contributed by atoms with van der Waals surface area (Å²) in [4.78, 5) is 0. The molecule has 104 valence electrons. The summed E-state index contributed by atoms with van der Waals surface area (Å²) in [6, 6.07) is 1.81. The van der Waals surface area contributed by atoms with Crippen molar-refractivity contribution >= 4 is 0 Å². The third-order valence-corrected chi connectivity index (χ3v) is 5.10. The van der Waals surface area contributed by atoms with E-state index < -0.39 is 6.17 Å². The molecule has 0 bridgehead atoms. The van der Waals surface area contributed by atoms with Crippen LogP contribution in [0.2, 0.25) is 0 Å². The normalized spacial score (nSPS) is 39.5. The fraction of sp³-hybridized carbons (Fsp3) is 0.824. The lowest BCUT2D eigenvalue weighted by molar-refractivity contribution is 0.157. The molecule has 0 aliphatic heterocycles. The fourth-order valence-electron chi connectivity index (χ4n) is 3.83. The highest BCUT2D eigenvalue weighted by molar-refractivity contribution is 5.19. The van der Waals surface area contributed by atoms with E-state index in [9.17, 15) is 4.39 Å². The van der Waals surface area contributed by atoms with E-state index in [1.54, 1.807) is 0 Å². The average Bonchev–Trinajstić information content (AvgIpc) is 2.59. The third kappa shape index (κ3) is 3.97. The van der Waals surface area contributed by atoms with E-state index in [2.05, 4.69) is 18.8 Å². The Morgan fingerprint density at radius 2 is 1.74 bits per heavy atom. The molecule has 2 aliphatic rings. The lowest BCUT2D eigenvalue weighted by atomic mass is 9.73. The molecule has 2 aliphatic carbocycles. The zero-order valence-electron chi connectivity index (χ0n) is 11.9. The molecule has 2 heteroatoms. The Bertz CT molecular complexity index is 378. The van der Waals surface area contributed by atoms with Crippen molar-refractivity contribution in [2.75, 3.05) is 0 Å². The van der Waals surface area contributed by atoms with E-state index in [4.69, 9.17) is 5.26 Å². The summed E-state index contributed by atoms with van der Waals surface area (Å²) in [6.07, 6.45) is 8.10. The van der Waals surface area contributed by atoms with Crippen LogP contribution in [0.5, 0.6) is 0 Å². The van der Waals surface area contributed by atoms with E-state index in [-0.39, 0.29) is 5.92 Å². The van der Waals surface area contributed by atoms with Crippen molar-refractivity contribution in [3.05, 3.63) is 0 Å². The molecule has 19 heavy (non-hydrogen) atoms. The first-order valence-corrected chi connectivity index (χ1v) is 7.74. The summed E-state index contributed by atoms with van der Waals surface area (Å²) in [6.45, 7) is 2.33. The van der Waals surface area contributed by atoms with Crippen LogP contribution in [0.25, 0.3) is 0 Å². The Morgan fingerprint density at radius 1 is 1.00 bits per heavy atom. The molecule has 0 aromatic carbocycles. The summed E-state index contributed by atoms with van der Waals surface area (Å²) in [5, 5.41) is 8.49. The molecule has 0 heterocycles. The van der Waals surface area contributed by atoms with Gasteiger partial charge in [0.05, 0.1) is 5.92 Å². The summed E-state index contributed by atoms with van der Waals surface area (Å²) >= 11 is 0. The maximum Gasteiger partial charge on any atom is 0.152 e. The van der Waals surface area contributed by atoms with Gasteiger partial charge >= 0.3 is 0 Å². The van der Waals surface area contributed by atoms with Crippen LogP contribution >= 0.6 is 0 Å². The molecular formula is C17H24FN. The van der Waals surface area contributed by atoms with Gasteiger partial charge in [0, 0.05) is 5.92 Å². The van der Waals surface area contributed by atoms with E-state index in [0.29, 0.717) is 12.3 Å². The molecule has 3 atom stereocenters. The first-order valence-electron chi connectivity index (χ1n) is 7.74. The Kier molecular flexibility index (Phi) is 5.26. The molecular weight excluding hydrogens is 237 g/mol. The molecule has 1 nitrogen and oxygen atoms in total. The van der Waals surface area contributed by atoms with Gasteiger partial charge in [0.1, 0.15) is 6.17 Å². The molecule has 0 radical (unpaired) electrons. The van der Waals surface area contributed by atoms with Crippen LogP contribution in [0.1, 0.15) is 58.3 Å². The second kappa shape index (κ2) is 6.95. The molecule has 0 aromatic rings. The summed E-state index contributed by atoms with van der Waals surface area (Å²) in [5.74, 6) is 7.14. The van der Waals surface area contributed by atoms with Gasteiger partial charge in [0.25, 0.3) is 0 Å². The van der Waals surface area contributed by atoms with Crippen LogP contribution in [0.4, 0.5) is 4.39 Å². The molecule has 3 unspecified atom stereocenters. The average molecular weight is 261 g/mol. The Balaban J connectivity index is 1.93. The maximum absolute atomic E-state index is 14.3. The molecule has 2 saturated carbocycles. The summed E-state index contributed by atoms with van der Waals surface area (Å²) in [5.41, 5.74) is 0. The van der Waals surface area contributed by atoms with Gasteiger partial charge in [-0.3, -0.25) is 0 Å². The molecule has 0 amide bonds. The monoisotopic (exact) mass is 261 g/mol. The number of hydrogen-bond acceptors (Lipinski definition) is 1. The minimum atomic E-state index is -0.826.